The fourth-order valence-electron chi connectivity index (χ4n) is 1.43. The molecule has 2 rings (SSSR count). The predicted octanol–water partition coefficient (Wildman–Crippen LogP) is 4.37. The van der Waals surface area contributed by atoms with Crippen molar-refractivity contribution in [2.24, 2.45) is 4.99 Å². The van der Waals surface area contributed by atoms with Crippen LogP contribution < -0.4 is 4.74 Å². The minimum Gasteiger partial charge on any atom is -0.439 e. The standard InChI is InChI=1S/C16H15NO/c1-13(2)16(17-14-9-5-3-6-10-14)18-15-11-7-4-8-12-15/h3-12H,1H2,2H3. The highest BCUT2D eigenvalue weighted by Gasteiger charge is 2.03. The van der Waals surface area contributed by atoms with Gasteiger partial charge in [-0.2, -0.15) is 0 Å². The van der Waals surface area contributed by atoms with Gasteiger partial charge >= 0.3 is 0 Å². The molecule has 90 valence electrons. The third kappa shape index (κ3) is 3.32. The summed E-state index contributed by atoms with van der Waals surface area (Å²) in [4.78, 5) is 4.45. The van der Waals surface area contributed by atoms with E-state index in [1.807, 2.05) is 67.6 Å². The van der Waals surface area contributed by atoms with Gasteiger partial charge < -0.3 is 4.74 Å². The average Bonchev–Trinajstić information content (AvgIpc) is 2.40. The van der Waals surface area contributed by atoms with E-state index in [0.717, 1.165) is 17.0 Å². The van der Waals surface area contributed by atoms with E-state index in [2.05, 4.69) is 11.6 Å². The molecule has 2 nitrogen and oxygen atoms in total. The molecule has 2 heteroatoms. The molecule has 18 heavy (non-hydrogen) atoms. The minimum absolute atomic E-state index is 0.535. The Morgan fingerprint density at radius 1 is 0.944 bits per heavy atom. The number of para-hydroxylation sites is 2. The molecule has 0 radical (unpaired) electrons. The Hall–Kier alpha value is -2.35. The van der Waals surface area contributed by atoms with Crippen LogP contribution >= 0.6 is 0 Å². The lowest BCUT2D eigenvalue weighted by molar-refractivity contribution is 0.551. The third-order valence-corrected chi connectivity index (χ3v) is 2.31. The molecule has 2 aromatic carbocycles. The summed E-state index contributed by atoms with van der Waals surface area (Å²) in [5.41, 5.74) is 1.65. The molecule has 0 atom stereocenters. The molecule has 0 aliphatic rings. The summed E-state index contributed by atoms with van der Waals surface area (Å²) in [5.74, 6) is 1.29. The van der Waals surface area contributed by atoms with Gasteiger partial charge in [0.2, 0.25) is 5.90 Å². The highest BCUT2D eigenvalue weighted by atomic mass is 16.5. The fourth-order valence-corrected chi connectivity index (χ4v) is 1.43. The van der Waals surface area contributed by atoms with Crippen LogP contribution in [-0.2, 0) is 0 Å². The number of ether oxygens (including phenoxy) is 1. The molecule has 0 unspecified atom stereocenters. The first-order chi connectivity index (χ1) is 8.75. The first kappa shape index (κ1) is 12.1. The third-order valence-electron chi connectivity index (χ3n) is 2.31. The van der Waals surface area contributed by atoms with Crippen molar-refractivity contribution in [2.45, 2.75) is 6.92 Å². The van der Waals surface area contributed by atoms with Gasteiger partial charge in [0.05, 0.1) is 5.69 Å². The Balaban J connectivity index is 2.25. The smallest absolute Gasteiger partial charge is 0.222 e. The molecule has 0 aromatic heterocycles. The van der Waals surface area contributed by atoms with Crippen LogP contribution in [0.2, 0.25) is 0 Å². The number of nitrogens with zero attached hydrogens (tertiary/aromatic N) is 1. The molecule has 0 bridgehead atoms. The summed E-state index contributed by atoms with van der Waals surface area (Å²) in [6.45, 7) is 5.77. The first-order valence-electron chi connectivity index (χ1n) is 5.78. The highest BCUT2D eigenvalue weighted by molar-refractivity contribution is 5.95. The van der Waals surface area contributed by atoms with Crippen molar-refractivity contribution in [3.63, 3.8) is 0 Å². The molecule has 0 heterocycles. The normalized spacial score (nSPS) is 11.1. The maximum Gasteiger partial charge on any atom is 0.222 e. The maximum absolute atomic E-state index is 5.73. The van der Waals surface area contributed by atoms with Crippen LogP contribution in [0.4, 0.5) is 5.69 Å². The number of rotatable bonds is 3. The molecule has 0 fully saturated rings. The van der Waals surface area contributed by atoms with Gasteiger partial charge in [0.25, 0.3) is 0 Å². The van der Waals surface area contributed by atoms with Gasteiger partial charge in [0, 0.05) is 5.57 Å². The van der Waals surface area contributed by atoms with Crippen LogP contribution in [0, 0.1) is 0 Å². The second-order valence-corrected chi connectivity index (χ2v) is 3.95. The molecule has 0 N–H and O–H groups in total. The van der Waals surface area contributed by atoms with Gasteiger partial charge in [-0.15, -0.1) is 0 Å². The van der Waals surface area contributed by atoms with Crippen LogP contribution in [0.25, 0.3) is 0 Å². The van der Waals surface area contributed by atoms with Crippen LogP contribution in [0.5, 0.6) is 5.75 Å². The molecule has 0 spiro atoms. The molecule has 0 aliphatic carbocycles. The van der Waals surface area contributed by atoms with Gasteiger partial charge in [-0.1, -0.05) is 43.0 Å². The van der Waals surface area contributed by atoms with Gasteiger partial charge in [-0.05, 0) is 31.2 Å². The minimum atomic E-state index is 0.535. The van der Waals surface area contributed by atoms with Gasteiger partial charge in [0.15, 0.2) is 0 Å². The zero-order chi connectivity index (χ0) is 12.8. The first-order valence-corrected chi connectivity index (χ1v) is 5.78. The number of hydrogen-bond acceptors (Lipinski definition) is 2. The molecule has 0 saturated carbocycles. The molecular weight excluding hydrogens is 222 g/mol. The molecule has 0 amide bonds. The second-order valence-electron chi connectivity index (χ2n) is 3.95. The van der Waals surface area contributed by atoms with E-state index in [4.69, 9.17) is 4.74 Å². The Morgan fingerprint density at radius 3 is 2.06 bits per heavy atom. The Labute approximate surface area is 107 Å². The Bertz CT molecular complexity index is 544. The topological polar surface area (TPSA) is 21.6 Å². The zero-order valence-corrected chi connectivity index (χ0v) is 10.3. The molecule has 0 saturated heterocycles. The van der Waals surface area contributed by atoms with E-state index in [-0.39, 0.29) is 0 Å². The summed E-state index contributed by atoms with van der Waals surface area (Å²) < 4.78 is 5.73. The predicted molar refractivity (Wildman–Crippen MR) is 75.4 cm³/mol. The number of aliphatic imine (C=N–C) groups is 1. The van der Waals surface area contributed by atoms with E-state index >= 15 is 0 Å². The van der Waals surface area contributed by atoms with Crippen molar-refractivity contribution in [1.29, 1.82) is 0 Å². The van der Waals surface area contributed by atoms with Gasteiger partial charge in [-0.25, -0.2) is 4.99 Å². The van der Waals surface area contributed by atoms with E-state index < -0.39 is 0 Å². The van der Waals surface area contributed by atoms with Gasteiger partial charge in [0.1, 0.15) is 5.75 Å². The van der Waals surface area contributed by atoms with Crippen molar-refractivity contribution >= 4 is 11.6 Å². The summed E-state index contributed by atoms with van der Waals surface area (Å²) >= 11 is 0. The monoisotopic (exact) mass is 237 g/mol. The summed E-state index contributed by atoms with van der Waals surface area (Å²) in [6.07, 6.45) is 0. The SMILES string of the molecule is C=C(C)C(=Nc1ccccc1)Oc1ccccc1. The number of hydrogen-bond donors (Lipinski definition) is 0. The zero-order valence-electron chi connectivity index (χ0n) is 10.3. The maximum atomic E-state index is 5.73. The van der Waals surface area contributed by atoms with E-state index in [0.29, 0.717) is 5.90 Å². The Kier molecular flexibility index (Phi) is 3.92. The lowest BCUT2D eigenvalue weighted by atomic mass is 10.3. The lowest BCUT2D eigenvalue weighted by Gasteiger charge is -2.08. The summed E-state index contributed by atoms with van der Waals surface area (Å²) in [7, 11) is 0. The van der Waals surface area contributed by atoms with Crippen molar-refractivity contribution in [2.75, 3.05) is 0 Å². The van der Waals surface area contributed by atoms with Crippen molar-refractivity contribution in [3.05, 3.63) is 72.8 Å². The fraction of sp³-hybridized carbons (Fsp3) is 0.0625. The van der Waals surface area contributed by atoms with Crippen LogP contribution in [0.15, 0.2) is 77.8 Å². The van der Waals surface area contributed by atoms with Crippen molar-refractivity contribution in [3.8, 4) is 5.75 Å². The van der Waals surface area contributed by atoms with E-state index in [1.165, 1.54) is 0 Å². The van der Waals surface area contributed by atoms with Crippen LogP contribution in [-0.4, -0.2) is 5.90 Å². The largest absolute Gasteiger partial charge is 0.439 e. The van der Waals surface area contributed by atoms with Crippen LogP contribution in [0.1, 0.15) is 6.92 Å². The quantitative estimate of drug-likeness (QED) is 0.573. The van der Waals surface area contributed by atoms with Crippen LogP contribution in [0.3, 0.4) is 0 Å². The average molecular weight is 237 g/mol. The lowest BCUT2D eigenvalue weighted by Crippen LogP contribution is -2.08. The summed E-state index contributed by atoms with van der Waals surface area (Å²) in [5, 5.41) is 0. The Morgan fingerprint density at radius 2 is 1.50 bits per heavy atom. The summed E-state index contributed by atoms with van der Waals surface area (Å²) in [6, 6.07) is 19.3. The second kappa shape index (κ2) is 5.82. The molecule has 2 aromatic rings. The van der Waals surface area contributed by atoms with Crippen molar-refractivity contribution in [1.82, 2.24) is 0 Å². The molecule has 0 aliphatic heterocycles. The highest BCUT2D eigenvalue weighted by Crippen LogP contribution is 2.16. The van der Waals surface area contributed by atoms with E-state index in [1.54, 1.807) is 0 Å². The molecular formula is C16H15NO. The van der Waals surface area contributed by atoms with Gasteiger partial charge in [-0.3, -0.25) is 0 Å². The van der Waals surface area contributed by atoms with Crippen molar-refractivity contribution < 1.29 is 4.74 Å². The number of benzene rings is 2. The van der Waals surface area contributed by atoms with E-state index in [9.17, 15) is 0 Å².